The Bertz CT molecular complexity index is 699. The molecule has 0 bridgehead atoms. The molecule has 1 heterocycles. The first-order chi connectivity index (χ1) is 12.0. The minimum absolute atomic E-state index is 0.214. The van der Waals surface area contributed by atoms with Gasteiger partial charge in [-0.05, 0) is 0 Å². The number of thiazole rings is 1. The zero-order valence-corrected chi connectivity index (χ0v) is 14.3. The van der Waals surface area contributed by atoms with Crippen molar-refractivity contribution in [2.45, 2.75) is 18.9 Å². The van der Waals surface area contributed by atoms with Crippen LogP contribution in [0.1, 0.15) is 4.88 Å². The van der Waals surface area contributed by atoms with Crippen LogP contribution in [-0.2, 0) is 6.54 Å². The summed E-state index contributed by atoms with van der Waals surface area (Å²) < 4.78 is 83.1. The lowest BCUT2D eigenvalue weighted by Gasteiger charge is -2.15. The third-order valence-electron chi connectivity index (χ3n) is 2.68. The summed E-state index contributed by atoms with van der Waals surface area (Å²) in [6, 6.07) is 3.38. The standard InChI is InChI=1S/C14H11ClF6N2O2S/c15-12-23-5-11(26-12)4-22-8-1-9(24-6-13(16,17)18)3-10(2-8)25-7-14(19,20)21/h1-3,5,22H,4,6-7H2. The molecule has 0 aliphatic rings. The fraction of sp³-hybridized carbons (Fsp3) is 0.357. The van der Waals surface area contributed by atoms with Gasteiger partial charge in [0.1, 0.15) is 11.5 Å². The van der Waals surface area contributed by atoms with Crippen LogP contribution in [0.15, 0.2) is 24.4 Å². The van der Waals surface area contributed by atoms with Crippen molar-refractivity contribution in [2.75, 3.05) is 18.5 Å². The Hall–Kier alpha value is -1.88. The molecule has 12 heteroatoms. The van der Waals surface area contributed by atoms with E-state index in [2.05, 4.69) is 19.8 Å². The van der Waals surface area contributed by atoms with Gasteiger partial charge in [0.05, 0.1) is 6.54 Å². The van der Waals surface area contributed by atoms with Crippen LogP contribution < -0.4 is 14.8 Å². The number of halogens is 7. The Labute approximate surface area is 152 Å². The van der Waals surface area contributed by atoms with Crippen LogP contribution in [0.5, 0.6) is 11.5 Å². The van der Waals surface area contributed by atoms with Crippen molar-refractivity contribution >= 4 is 28.6 Å². The minimum Gasteiger partial charge on any atom is -0.484 e. The lowest BCUT2D eigenvalue weighted by atomic mass is 10.2. The number of hydrogen-bond acceptors (Lipinski definition) is 5. The van der Waals surface area contributed by atoms with E-state index in [-0.39, 0.29) is 23.7 Å². The highest BCUT2D eigenvalue weighted by atomic mass is 35.5. The maximum atomic E-state index is 12.3. The molecular formula is C14H11ClF6N2O2S. The second-order valence-electron chi connectivity index (χ2n) is 4.93. The van der Waals surface area contributed by atoms with Crippen molar-refractivity contribution < 1.29 is 35.8 Å². The molecule has 4 nitrogen and oxygen atoms in total. The molecule has 2 aromatic rings. The summed E-state index contributed by atoms with van der Waals surface area (Å²) in [5.74, 6) is -0.571. The number of aromatic nitrogens is 1. The van der Waals surface area contributed by atoms with Gasteiger partial charge in [0.15, 0.2) is 17.7 Å². The summed E-state index contributed by atoms with van der Waals surface area (Å²) in [5, 5.41) is 2.84. The van der Waals surface area contributed by atoms with Gasteiger partial charge in [0.2, 0.25) is 0 Å². The van der Waals surface area contributed by atoms with E-state index in [0.29, 0.717) is 4.47 Å². The Morgan fingerprint density at radius 3 is 1.92 bits per heavy atom. The van der Waals surface area contributed by atoms with Crippen molar-refractivity contribution in [3.8, 4) is 11.5 Å². The summed E-state index contributed by atoms with van der Waals surface area (Å²) in [4.78, 5) is 4.54. The van der Waals surface area contributed by atoms with E-state index in [0.717, 1.165) is 10.9 Å². The van der Waals surface area contributed by atoms with Crippen LogP contribution in [0.2, 0.25) is 4.47 Å². The zero-order valence-electron chi connectivity index (χ0n) is 12.7. The third kappa shape index (κ3) is 7.56. The first-order valence-electron chi connectivity index (χ1n) is 6.88. The predicted octanol–water partition coefficient (Wildman–Crippen LogP) is 5.29. The summed E-state index contributed by atoms with van der Waals surface area (Å²) in [7, 11) is 0. The highest BCUT2D eigenvalue weighted by Gasteiger charge is 2.30. The zero-order chi connectivity index (χ0) is 19.4. The summed E-state index contributed by atoms with van der Waals surface area (Å²) >= 11 is 6.86. The van der Waals surface area contributed by atoms with E-state index >= 15 is 0 Å². The molecule has 0 aliphatic carbocycles. The number of nitrogens with zero attached hydrogens (tertiary/aromatic N) is 1. The Morgan fingerprint density at radius 2 is 1.50 bits per heavy atom. The Morgan fingerprint density at radius 1 is 0.962 bits per heavy atom. The summed E-state index contributed by atoms with van der Waals surface area (Å²) in [5.41, 5.74) is 0.214. The summed E-state index contributed by atoms with van der Waals surface area (Å²) in [6.45, 7) is -2.95. The maximum absolute atomic E-state index is 12.3. The van der Waals surface area contributed by atoms with Gasteiger partial charge in [0, 0.05) is 35.0 Å². The molecule has 0 amide bonds. The Balaban J connectivity index is 2.12. The molecule has 0 saturated carbocycles. The van der Waals surface area contributed by atoms with Gasteiger partial charge in [-0.2, -0.15) is 26.3 Å². The molecule has 0 unspecified atom stereocenters. The van der Waals surface area contributed by atoms with Gasteiger partial charge in [-0.15, -0.1) is 11.3 Å². The number of hydrogen-bond donors (Lipinski definition) is 1. The molecule has 0 aliphatic heterocycles. The second-order valence-corrected chi connectivity index (χ2v) is 6.63. The molecule has 0 radical (unpaired) electrons. The predicted molar refractivity (Wildman–Crippen MR) is 84.0 cm³/mol. The average Bonchev–Trinajstić information content (AvgIpc) is 2.93. The second kappa shape index (κ2) is 8.21. The quantitative estimate of drug-likeness (QED) is 0.618. The lowest BCUT2D eigenvalue weighted by molar-refractivity contribution is -0.153. The lowest BCUT2D eigenvalue weighted by Crippen LogP contribution is -2.20. The third-order valence-corrected chi connectivity index (χ3v) is 3.79. The molecule has 2 rings (SSSR count). The van der Waals surface area contributed by atoms with Crippen LogP contribution >= 0.6 is 22.9 Å². The number of nitrogens with one attached hydrogen (secondary N) is 1. The normalized spacial score (nSPS) is 12.1. The number of anilines is 1. The van der Waals surface area contributed by atoms with E-state index in [1.807, 2.05) is 0 Å². The largest absolute Gasteiger partial charge is 0.484 e. The van der Waals surface area contributed by atoms with Crippen molar-refractivity contribution in [3.63, 3.8) is 0 Å². The number of benzene rings is 1. The van der Waals surface area contributed by atoms with Gasteiger partial charge in [-0.25, -0.2) is 4.98 Å². The van der Waals surface area contributed by atoms with E-state index in [1.54, 1.807) is 0 Å². The molecule has 0 atom stereocenters. The number of rotatable bonds is 7. The molecule has 0 fully saturated rings. The van der Waals surface area contributed by atoms with Crippen molar-refractivity contribution in [2.24, 2.45) is 0 Å². The number of ether oxygens (including phenoxy) is 2. The molecular weight excluding hydrogens is 410 g/mol. The first-order valence-corrected chi connectivity index (χ1v) is 8.08. The maximum Gasteiger partial charge on any atom is 0.422 e. The van der Waals surface area contributed by atoms with Crippen molar-refractivity contribution in [3.05, 3.63) is 33.7 Å². The molecule has 144 valence electrons. The SMILES string of the molecule is FC(F)(F)COc1cc(NCc2cnc(Cl)s2)cc(OCC(F)(F)F)c1. The monoisotopic (exact) mass is 420 g/mol. The molecule has 0 spiro atoms. The topological polar surface area (TPSA) is 43.4 Å². The van der Waals surface area contributed by atoms with E-state index in [1.165, 1.54) is 29.7 Å². The van der Waals surface area contributed by atoms with Crippen LogP contribution in [0, 0.1) is 0 Å². The highest BCUT2D eigenvalue weighted by molar-refractivity contribution is 7.15. The minimum atomic E-state index is -4.59. The molecule has 1 aromatic carbocycles. The fourth-order valence-corrected chi connectivity index (χ4v) is 2.64. The molecule has 1 N–H and O–H groups in total. The van der Waals surface area contributed by atoms with Crippen molar-refractivity contribution in [1.29, 1.82) is 0 Å². The summed E-state index contributed by atoms with van der Waals surface area (Å²) in [6.07, 6.45) is -7.68. The smallest absolute Gasteiger partial charge is 0.422 e. The average molecular weight is 421 g/mol. The van der Waals surface area contributed by atoms with E-state index in [4.69, 9.17) is 11.6 Å². The highest BCUT2D eigenvalue weighted by Crippen LogP contribution is 2.30. The van der Waals surface area contributed by atoms with Crippen LogP contribution in [0.4, 0.5) is 32.0 Å². The van der Waals surface area contributed by atoms with Gasteiger partial charge >= 0.3 is 12.4 Å². The fourth-order valence-electron chi connectivity index (χ4n) is 1.73. The first kappa shape index (κ1) is 20.4. The van der Waals surface area contributed by atoms with Gasteiger partial charge in [0.25, 0.3) is 0 Å². The Kier molecular flexibility index (Phi) is 6.45. The number of alkyl halides is 6. The van der Waals surface area contributed by atoms with Crippen LogP contribution in [-0.4, -0.2) is 30.6 Å². The van der Waals surface area contributed by atoms with E-state index in [9.17, 15) is 26.3 Å². The van der Waals surface area contributed by atoms with Crippen LogP contribution in [0.3, 0.4) is 0 Å². The van der Waals surface area contributed by atoms with Gasteiger partial charge in [-0.3, -0.25) is 0 Å². The van der Waals surface area contributed by atoms with E-state index < -0.39 is 25.6 Å². The van der Waals surface area contributed by atoms with Crippen molar-refractivity contribution in [1.82, 2.24) is 4.98 Å². The van der Waals surface area contributed by atoms with Gasteiger partial charge < -0.3 is 14.8 Å². The van der Waals surface area contributed by atoms with Crippen LogP contribution in [0.25, 0.3) is 0 Å². The molecule has 26 heavy (non-hydrogen) atoms. The molecule has 1 aromatic heterocycles. The molecule has 0 saturated heterocycles. The van der Waals surface area contributed by atoms with Gasteiger partial charge in [-0.1, -0.05) is 11.6 Å².